The first-order valence-electron chi connectivity index (χ1n) is 4.22. The first-order valence-corrected chi connectivity index (χ1v) is 5.75. The second-order valence-electron chi connectivity index (χ2n) is 2.51. The quantitative estimate of drug-likeness (QED) is 0.474. The normalized spacial score (nSPS) is 9.50. The number of hydrogen-bond donors (Lipinski definition) is 0. The SMILES string of the molecule is O=C(COc1ccccc1)OCCI. The van der Waals surface area contributed by atoms with E-state index in [0.717, 1.165) is 4.43 Å². The Morgan fingerprint density at radius 3 is 2.64 bits per heavy atom. The molecule has 0 saturated heterocycles. The second-order valence-corrected chi connectivity index (χ2v) is 3.59. The van der Waals surface area contributed by atoms with Gasteiger partial charge in [-0.25, -0.2) is 4.79 Å². The molecule has 0 atom stereocenters. The van der Waals surface area contributed by atoms with Crippen LogP contribution in [-0.2, 0) is 9.53 Å². The molecule has 0 unspecified atom stereocenters. The van der Waals surface area contributed by atoms with E-state index < -0.39 is 0 Å². The maximum absolute atomic E-state index is 11.0. The predicted octanol–water partition coefficient (Wildman–Crippen LogP) is 2.04. The highest BCUT2D eigenvalue weighted by Gasteiger charge is 2.02. The Morgan fingerprint density at radius 1 is 1.29 bits per heavy atom. The third-order valence-corrected chi connectivity index (χ3v) is 1.88. The van der Waals surface area contributed by atoms with Crippen LogP contribution in [0.15, 0.2) is 30.3 Å². The maximum atomic E-state index is 11.0. The fraction of sp³-hybridized carbons (Fsp3) is 0.300. The van der Waals surface area contributed by atoms with Gasteiger partial charge in [0.25, 0.3) is 0 Å². The van der Waals surface area contributed by atoms with Gasteiger partial charge >= 0.3 is 5.97 Å². The van der Waals surface area contributed by atoms with E-state index in [0.29, 0.717) is 12.4 Å². The second kappa shape index (κ2) is 6.64. The zero-order valence-electron chi connectivity index (χ0n) is 7.61. The molecule has 0 N–H and O–H groups in total. The molecule has 14 heavy (non-hydrogen) atoms. The summed E-state index contributed by atoms with van der Waals surface area (Å²) >= 11 is 2.14. The molecule has 0 spiro atoms. The first kappa shape index (κ1) is 11.3. The molecule has 0 heterocycles. The van der Waals surface area contributed by atoms with Crippen LogP contribution in [0.4, 0.5) is 0 Å². The van der Waals surface area contributed by atoms with Gasteiger partial charge in [0, 0.05) is 4.43 Å². The van der Waals surface area contributed by atoms with E-state index in [2.05, 4.69) is 22.6 Å². The molecule has 4 heteroatoms. The number of carbonyl (C=O) groups excluding carboxylic acids is 1. The van der Waals surface area contributed by atoms with Gasteiger partial charge in [0.15, 0.2) is 6.61 Å². The molecule has 1 rings (SSSR count). The Bertz CT molecular complexity index is 274. The standard InChI is InChI=1S/C10H11IO3/c11-6-7-13-10(12)8-14-9-4-2-1-3-5-9/h1-5H,6-8H2. The minimum absolute atomic E-state index is 0.0271. The van der Waals surface area contributed by atoms with Crippen molar-refractivity contribution in [1.82, 2.24) is 0 Å². The molecule has 3 nitrogen and oxygen atoms in total. The molecule has 0 aliphatic heterocycles. The van der Waals surface area contributed by atoms with Gasteiger partial charge in [0.1, 0.15) is 12.4 Å². The van der Waals surface area contributed by atoms with Crippen molar-refractivity contribution >= 4 is 28.6 Å². The van der Waals surface area contributed by atoms with Crippen molar-refractivity contribution in [1.29, 1.82) is 0 Å². The molecule has 1 aromatic rings. The maximum Gasteiger partial charge on any atom is 0.344 e. The molecular formula is C10H11IO3. The van der Waals surface area contributed by atoms with Gasteiger partial charge in [-0.1, -0.05) is 40.8 Å². The van der Waals surface area contributed by atoms with Crippen LogP contribution in [0.5, 0.6) is 5.75 Å². The van der Waals surface area contributed by atoms with Crippen LogP contribution in [0.3, 0.4) is 0 Å². The van der Waals surface area contributed by atoms with Gasteiger partial charge in [0.2, 0.25) is 0 Å². The van der Waals surface area contributed by atoms with E-state index in [4.69, 9.17) is 9.47 Å². The number of hydrogen-bond acceptors (Lipinski definition) is 3. The number of carbonyl (C=O) groups is 1. The van der Waals surface area contributed by atoms with Crippen molar-refractivity contribution in [3.63, 3.8) is 0 Å². The minimum atomic E-state index is -0.328. The van der Waals surface area contributed by atoms with Gasteiger partial charge in [-0.2, -0.15) is 0 Å². The largest absolute Gasteiger partial charge is 0.482 e. The summed E-state index contributed by atoms with van der Waals surface area (Å²) in [5, 5.41) is 0. The monoisotopic (exact) mass is 306 g/mol. The lowest BCUT2D eigenvalue weighted by atomic mass is 10.3. The summed E-state index contributed by atoms with van der Waals surface area (Å²) in [5.41, 5.74) is 0. The van der Waals surface area contributed by atoms with Crippen LogP contribution in [0.25, 0.3) is 0 Å². The molecule has 0 aliphatic carbocycles. The van der Waals surface area contributed by atoms with Gasteiger partial charge in [-0.15, -0.1) is 0 Å². The van der Waals surface area contributed by atoms with Crippen molar-refractivity contribution in [2.24, 2.45) is 0 Å². The summed E-state index contributed by atoms with van der Waals surface area (Å²) in [4.78, 5) is 11.0. The summed E-state index contributed by atoms with van der Waals surface area (Å²) in [6.07, 6.45) is 0. The van der Waals surface area contributed by atoms with E-state index in [1.807, 2.05) is 18.2 Å². The molecule has 0 aliphatic rings. The van der Waals surface area contributed by atoms with Gasteiger partial charge < -0.3 is 9.47 Å². The van der Waals surface area contributed by atoms with Crippen molar-refractivity contribution in [3.05, 3.63) is 30.3 Å². The third kappa shape index (κ3) is 4.45. The lowest BCUT2D eigenvalue weighted by Crippen LogP contribution is -2.15. The molecule has 0 saturated carbocycles. The molecule has 0 fully saturated rings. The Morgan fingerprint density at radius 2 is 2.00 bits per heavy atom. The van der Waals surface area contributed by atoms with Crippen molar-refractivity contribution in [2.45, 2.75) is 0 Å². The molecule has 0 amide bonds. The average Bonchev–Trinajstić information content (AvgIpc) is 2.25. The molecule has 0 aromatic heterocycles. The fourth-order valence-electron chi connectivity index (χ4n) is 0.853. The number of para-hydroxylation sites is 1. The Kier molecular flexibility index (Phi) is 5.36. The van der Waals surface area contributed by atoms with Gasteiger partial charge in [0.05, 0.1) is 0 Å². The molecule has 0 bridgehead atoms. The third-order valence-electron chi connectivity index (χ3n) is 1.44. The number of benzene rings is 1. The highest BCUT2D eigenvalue weighted by Crippen LogP contribution is 2.07. The number of ether oxygens (including phenoxy) is 2. The van der Waals surface area contributed by atoms with Gasteiger partial charge in [-0.3, -0.25) is 0 Å². The number of rotatable bonds is 5. The summed E-state index contributed by atoms with van der Waals surface area (Å²) < 4.78 is 10.8. The highest BCUT2D eigenvalue weighted by atomic mass is 127. The van der Waals surface area contributed by atoms with Crippen LogP contribution in [0.2, 0.25) is 0 Å². The Balaban J connectivity index is 2.24. The number of esters is 1. The van der Waals surface area contributed by atoms with Crippen LogP contribution in [0.1, 0.15) is 0 Å². The fourth-order valence-corrected chi connectivity index (χ4v) is 1.07. The summed E-state index contributed by atoms with van der Waals surface area (Å²) in [5.74, 6) is 0.351. The first-order chi connectivity index (χ1) is 6.83. The summed E-state index contributed by atoms with van der Waals surface area (Å²) in [6, 6.07) is 9.19. The average molecular weight is 306 g/mol. The smallest absolute Gasteiger partial charge is 0.344 e. The zero-order chi connectivity index (χ0) is 10.2. The molecule has 76 valence electrons. The highest BCUT2D eigenvalue weighted by molar-refractivity contribution is 14.1. The summed E-state index contributed by atoms with van der Waals surface area (Å²) in [6.45, 7) is 0.415. The van der Waals surface area contributed by atoms with Crippen LogP contribution < -0.4 is 4.74 Å². The van der Waals surface area contributed by atoms with E-state index in [1.54, 1.807) is 12.1 Å². The summed E-state index contributed by atoms with van der Waals surface area (Å²) in [7, 11) is 0. The number of halogens is 1. The minimum Gasteiger partial charge on any atom is -0.482 e. The Labute approximate surface area is 96.5 Å². The predicted molar refractivity (Wildman–Crippen MR) is 61.8 cm³/mol. The van der Waals surface area contributed by atoms with E-state index in [1.165, 1.54) is 0 Å². The van der Waals surface area contributed by atoms with E-state index in [-0.39, 0.29) is 12.6 Å². The molecule has 1 aromatic carbocycles. The lowest BCUT2D eigenvalue weighted by Gasteiger charge is -2.05. The van der Waals surface area contributed by atoms with E-state index in [9.17, 15) is 4.79 Å². The lowest BCUT2D eigenvalue weighted by molar-refractivity contribution is -0.145. The van der Waals surface area contributed by atoms with Crippen molar-refractivity contribution < 1.29 is 14.3 Å². The van der Waals surface area contributed by atoms with Crippen LogP contribution in [0, 0.1) is 0 Å². The topological polar surface area (TPSA) is 35.5 Å². The van der Waals surface area contributed by atoms with E-state index >= 15 is 0 Å². The van der Waals surface area contributed by atoms with Crippen LogP contribution >= 0.6 is 22.6 Å². The van der Waals surface area contributed by atoms with Crippen LogP contribution in [-0.4, -0.2) is 23.6 Å². The van der Waals surface area contributed by atoms with Crippen molar-refractivity contribution in [3.8, 4) is 5.75 Å². The zero-order valence-corrected chi connectivity index (χ0v) is 9.77. The molecular weight excluding hydrogens is 295 g/mol. The Hall–Kier alpha value is -0.780. The van der Waals surface area contributed by atoms with Gasteiger partial charge in [-0.05, 0) is 12.1 Å². The molecule has 0 radical (unpaired) electrons. The van der Waals surface area contributed by atoms with Crippen molar-refractivity contribution in [2.75, 3.05) is 17.6 Å². The number of alkyl halides is 1.